The van der Waals surface area contributed by atoms with Crippen molar-refractivity contribution in [2.45, 2.75) is 19.6 Å². The van der Waals surface area contributed by atoms with Gasteiger partial charge in [-0.3, -0.25) is 4.79 Å². The molecule has 0 aliphatic rings. The van der Waals surface area contributed by atoms with Crippen LogP contribution in [0, 0.1) is 6.92 Å². The molecule has 0 fully saturated rings. The van der Waals surface area contributed by atoms with E-state index in [2.05, 4.69) is 26.2 Å². The molecule has 0 bridgehead atoms. The molecule has 158 valence electrons. The Morgan fingerprint density at radius 3 is 2.58 bits per heavy atom. The normalized spacial score (nSPS) is 12.1. The molecule has 2 aromatic carbocycles. The lowest BCUT2D eigenvalue weighted by Gasteiger charge is -2.14. The number of rotatable bonds is 6. The van der Waals surface area contributed by atoms with Gasteiger partial charge in [0, 0.05) is 28.2 Å². The summed E-state index contributed by atoms with van der Waals surface area (Å²) < 4.78 is 6.33. The molecule has 1 atom stereocenters. The molecule has 0 aliphatic carbocycles. The summed E-state index contributed by atoms with van der Waals surface area (Å²) in [5, 5.41) is 15.1. The minimum absolute atomic E-state index is 0.242. The van der Waals surface area contributed by atoms with E-state index >= 15 is 0 Å². The lowest BCUT2D eigenvalue weighted by atomic mass is 10.0. The topological polar surface area (TPSA) is 71.5 Å². The Bertz CT molecular complexity index is 1220. The van der Waals surface area contributed by atoms with Crippen LogP contribution < -0.4 is 5.32 Å². The number of ether oxygens (including phenoxy) is 1. The molecule has 0 saturated heterocycles. The first-order valence-electron chi connectivity index (χ1n) is 9.69. The van der Waals surface area contributed by atoms with Crippen LogP contribution >= 0.6 is 27.3 Å². The second-order valence-corrected chi connectivity index (χ2v) is 9.10. The minimum Gasteiger partial charge on any atom is -0.383 e. The van der Waals surface area contributed by atoms with Crippen molar-refractivity contribution in [3.63, 3.8) is 0 Å². The largest absolute Gasteiger partial charge is 0.383 e. The molecule has 2 aromatic heterocycles. The van der Waals surface area contributed by atoms with Crippen LogP contribution in [0.15, 0.2) is 65.1 Å². The number of carbonyl (C=O) groups is 1. The van der Waals surface area contributed by atoms with Crippen molar-refractivity contribution >= 4 is 49.1 Å². The summed E-state index contributed by atoms with van der Waals surface area (Å²) in [4.78, 5) is 19.1. The molecule has 1 amide bonds. The van der Waals surface area contributed by atoms with E-state index in [0.717, 1.165) is 31.5 Å². The van der Waals surface area contributed by atoms with E-state index in [9.17, 15) is 9.90 Å². The summed E-state index contributed by atoms with van der Waals surface area (Å²) in [7, 11) is 1.63. The van der Waals surface area contributed by atoms with Gasteiger partial charge in [-0.2, -0.15) is 0 Å². The molecule has 4 aromatic rings. The first kappa shape index (κ1) is 21.6. The van der Waals surface area contributed by atoms with Gasteiger partial charge in [0.25, 0.3) is 5.91 Å². The molecule has 7 heteroatoms. The third-order valence-electron chi connectivity index (χ3n) is 4.91. The zero-order valence-corrected chi connectivity index (χ0v) is 19.5. The lowest BCUT2D eigenvalue weighted by molar-refractivity contribution is 0.102. The average Bonchev–Trinajstić information content (AvgIpc) is 3.12. The maximum absolute atomic E-state index is 13.0. The number of thiophene rings is 1. The van der Waals surface area contributed by atoms with Gasteiger partial charge in [-0.05, 0) is 48.4 Å². The van der Waals surface area contributed by atoms with E-state index < -0.39 is 6.10 Å². The number of fused-ring (bicyclic) bond motifs is 1. The molecular formula is C24H21BrN2O3S. The molecule has 2 N–H and O–H groups in total. The van der Waals surface area contributed by atoms with E-state index in [0.29, 0.717) is 22.7 Å². The van der Waals surface area contributed by atoms with Crippen LogP contribution in [0.5, 0.6) is 0 Å². The summed E-state index contributed by atoms with van der Waals surface area (Å²) in [6.07, 6.45) is -0.908. The second-order valence-electron chi connectivity index (χ2n) is 7.15. The van der Waals surface area contributed by atoms with Crippen LogP contribution in [0.3, 0.4) is 0 Å². The van der Waals surface area contributed by atoms with Gasteiger partial charge in [-0.15, -0.1) is 11.3 Å². The first-order chi connectivity index (χ1) is 15.0. The molecule has 0 radical (unpaired) electrons. The highest BCUT2D eigenvalue weighted by Gasteiger charge is 2.25. The minimum atomic E-state index is -0.908. The number of hydrogen-bond acceptors (Lipinski definition) is 5. The van der Waals surface area contributed by atoms with Crippen molar-refractivity contribution in [1.29, 1.82) is 0 Å². The molecule has 4 rings (SSSR count). The van der Waals surface area contributed by atoms with Gasteiger partial charge in [-0.25, -0.2) is 4.98 Å². The molecule has 0 aliphatic heterocycles. The molecule has 5 nitrogen and oxygen atoms in total. The summed E-state index contributed by atoms with van der Waals surface area (Å²) >= 11 is 4.81. The summed E-state index contributed by atoms with van der Waals surface area (Å²) in [5.74, 6) is -0.242. The van der Waals surface area contributed by atoms with Crippen LogP contribution in [0.4, 0.5) is 5.69 Å². The smallest absolute Gasteiger partial charge is 0.255 e. The van der Waals surface area contributed by atoms with Gasteiger partial charge in [0.05, 0.1) is 17.2 Å². The zero-order chi connectivity index (χ0) is 22.0. The number of hydrogen-bond donors (Lipinski definition) is 2. The van der Waals surface area contributed by atoms with E-state index in [4.69, 9.17) is 4.74 Å². The quantitative estimate of drug-likeness (QED) is 0.351. The molecule has 0 spiro atoms. The van der Waals surface area contributed by atoms with Crippen molar-refractivity contribution in [3.8, 4) is 0 Å². The summed E-state index contributed by atoms with van der Waals surface area (Å²) in [5.41, 5.74) is 3.61. The number of carbonyl (C=O) groups excluding carboxylic acids is 1. The fraction of sp³-hybridized carbons (Fsp3) is 0.167. The van der Waals surface area contributed by atoms with E-state index in [1.54, 1.807) is 19.2 Å². The number of aromatic nitrogens is 1. The van der Waals surface area contributed by atoms with Crippen molar-refractivity contribution < 1.29 is 14.6 Å². The summed E-state index contributed by atoms with van der Waals surface area (Å²) in [6, 6.07) is 18.4. The van der Waals surface area contributed by atoms with Gasteiger partial charge in [0.15, 0.2) is 0 Å². The fourth-order valence-electron chi connectivity index (χ4n) is 3.49. The van der Waals surface area contributed by atoms with E-state index in [-0.39, 0.29) is 5.91 Å². The van der Waals surface area contributed by atoms with Crippen molar-refractivity contribution in [3.05, 3.63) is 92.4 Å². The van der Waals surface area contributed by atoms with Crippen LogP contribution in [-0.2, 0) is 11.3 Å². The predicted molar refractivity (Wildman–Crippen MR) is 128 cm³/mol. The van der Waals surface area contributed by atoms with Crippen LogP contribution in [-0.4, -0.2) is 23.1 Å². The number of benzene rings is 2. The number of aryl methyl sites for hydroxylation is 1. The SMILES string of the molecule is COCc1cc(C)nc2sc(C(O)c3ccc(Br)cc3)c(NC(=O)c3ccccc3)c12. The van der Waals surface area contributed by atoms with Gasteiger partial charge in [-0.1, -0.05) is 46.3 Å². The monoisotopic (exact) mass is 496 g/mol. The molecule has 1 unspecified atom stereocenters. The van der Waals surface area contributed by atoms with Crippen LogP contribution in [0.1, 0.15) is 38.2 Å². The van der Waals surface area contributed by atoms with Gasteiger partial charge in [0.2, 0.25) is 0 Å². The summed E-state index contributed by atoms with van der Waals surface area (Å²) in [6.45, 7) is 2.30. The van der Waals surface area contributed by atoms with Crippen LogP contribution in [0.25, 0.3) is 10.2 Å². The van der Waals surface area contributed by atoms with Gasteiger partial charge in [0.1, 0.15) is 10.9 Å². The predicted octanol–water partition coefficient (Wildman–Crippen LogP) is 5.85. The second kappa shape index (κ2) is 9.28. The molecule has 2 heterocycles. The number of aliphatic hydroxyl groups excluding tert-OH is 1. The van der Waals surface area contributed by atoms with Crippen molar-refractivity contribution in [2.24, 2.45) is 0 Å². The Kier molecular flexibility index (Phi) is 6.48. The number of methoxy groups -OCH3 is 1. The third-order valence-corrected chi connectivity index (χ3v) is 6.57. The van der Waals surface area contributed by atoms with E-state index in [1.807, 2.05) is 55.5 Å². The van der Waals surface area contributed by atoms with Crippen molar-refractivity contribution in [2.75, 3.05) is 12.4 Å². The molecule has 31 heavy (non-hydrogen) atoms. The average molecular weight is 497 g/mol. The van der Waals surface area contributed by atoms with Crippen LogP contribution in [0.2, 0.25) is 0 Å². The Hall–Kier alpha value is -2.58. The number of nitrogens with zero attached hydrogens (tertiary/aromatic N) is 1. The standard InChI is InChI=1S/C24H21BrN2O3S/c1-14-12-17(13-30-2)19-20(27-23(29)16-6-4-3-5-7-16)22(31-24(19)26-14)21(28)15-8-10-18(25)11-9-15/h3-12,21,28H,13H2,1-2H3,(H,27,29). The third kappa shape index (κ3) is 4.55. The maximum atomic E-state index is 13.0. The zero-order valence-electron chi connectivity index (χ0n) is 17.1. The fourth-order valence-corrected chi connectivity index (χ4v) is 4.99. The maximum Gasteiger partial charge on any atom is 0.255 e. The highest BCUT2D eigenvalue weighted by molar-refractivity contribution is 9.10. The van der Waals surface area contributed by atoms with E-state index in [1.165, 1.54) is 11.3 Å². The van der Waals surface area contributed by atoms with Gasteiger partial charge >= 0.3 is 0 Å². The number of anilines is 1. The Morgan fingerprint density at radius 2 is 1.90 bits per heavy atom. The molecular weight excluding hydrogens is 476 g/mol. The number of nitrogens with one attached hydrogen (secondary N) is 1. The Balaban J connectivity index is 1.87. The number of aliphatic hydroxyl groups is 1. The number of halogens is 1. The first-order valence-corrected chi connectivity index (χ1v) is 11.3. The van der Waals surface area contributed by atoms with Crippen molar-refractivity contribution in [1.82, 2.24) is 4.98 Å². The highest BCUT2D eigenvalue weighted by Crippen LogP contribution is 2.43. The van der Waals surface area contributed by atoms with Gasteiger partial charge < -0.3 is 15.2 Å². The molecule has 0 saturated carbocycles. The Labute approximate surface area is 192 Å². The highest BCUT2D eigenvalue weighted by atomic mass is 79.9. The lowest BCUT2D eigenvalue weighted by Crippen LogP contribution is -2.14. The number of pyridine rings is 1. The Morgan fingerprint density at radius 1 is 1.19 bits per heavy atom. The number of amides is 1.